The highest BCUT2D eigenvalue weighted by Gasteiger charge is 2.23. The molecular weight excluding hydrogens is 312 g/mol. The Labute approximate surface area is 132 Å². The predicted octanol–water partition coefficient (Wildman–Crippen LogP) is 3.96. The van der Waals surface area contributed by atoms with Crippen LogP contribution in [0, 0.1) is 0 Å². The van der Waals surface area contributed by atoms with Crippen LogP contribution in [0.5, 0.6) is 0 Å². The van der Waals surface area contributed by atoms with Gasteiger partial charge in [-0.25, -0.2) is 0 Å². The van der Waals surface area contributed by atoms with Crippen molar-refractivity contribution in [3.63, 3.8) is 0 Å². The van der Waals surface area contributed by atoms with Gasteiger partial charge in [-0.1, -0.05) is 17.7 Å². The van der Waals surface area contributed by atoms with Gasteiger partial charge in [0, 0.05) is 28.9 Å². The zero-order valence-electron chi connectivity index (χ0n) is 11.6. The Morgan fingerprint density at radius 3 is 2.85 bits per heavy atom. The maximum atomic E-state index is 12.6. The molecule has 2 N–H and O–H groups in total. The van der Waals surface area contributed by atoms with E-state index in [4.69, 9.17) is 17.3 Å². The van der Waals surface area contributed by atoms with E-state index in [1.165, 1.54) is 11.3 Å². The largest absolute Gasteiger partial charge is 0.397 e. The molecule has 1 aromatic heterocycles. The van der Waals surface area contributed by atoms with Gasteiger partial charge in [0.05, 0.1) is 10.7 Å². The molecule has 3 nitrogen and oxygen atoms in total. The van der Waals surface area contributed by atoms with Crippen LogP contribution in [-0.2, 0) is 0 Å². The highest BCUT2D eigenvalue weighted by molar-refractivity contribution is 7.98. The smallest absolute Gasteiger partial charge is 0.266 e. The highest BCUT2D eigenvalue weighted by Crippen LogP contribution is 2.38. The quantitative estimate of drug-likeness (QED) is 0.924. The molecule has 6 heteroatoms. The second-order valence-corrected chi connectivity index (χ2v) is 7.05. The lowest BCUT2D eigenvalue weighted by molar-refractivity contribution is 0.0763. The number of hydrogen-bond donors (Lipinski definition) is 1. The van der Waals surface area contributed by atoms with Crippen molar-refractivity contribution in [3.8, 4) is 0 Å². The number of nitrogens with zero attached hydrogens (tertiary/aromatic N) is 1. The van der Waals surface area contributed by atoms with Crippen LogP contribution in [0.1, 0.15) is 16.6 Å². The fourth-order valence-corrected chi connectivity index (χ4v) is 4.17. The molecular formula is C14H17ClN2OS2. The molecule has 1 unspecified atom stereocenters. The maximum absolute atomic E-state index is 12.6. The Balaban J connectivity index is 2.40. The molecule has 1 heterocycles. The number of thiophene rings is 1. The van der Waals surface area contributed by atoms with Gasteiger partial charge < -0.3 is 10.6 Å². The van der Waals surface area contributed by atoms with Crippen LogP contribution < -0.4 is 5.73 Å². The first-order chi connectivity index (χ1) is 9.47. The van der Waals surface area contributed by atoms with Crippen LogP contribution in [0.4, 0.5) is 5.69 Å². The first-order valence-corrected chi connectivity index (χ1v) is 8.78. The third-order valence-corrected chi connectivity index (χ3v) is 5.57. The summed E-state index contributed by atoms with van der Waals surface area (Å²) in [6, 6.07) is 5.76. The number of benzene rings is 1. The molecule has 108 valence electrons. The van der Waals surface area contributed by atoms with E-state index >= 15 is 0 Å². The van der Waals surface area contributed by atoms with Gasteiger partial charge in [-0.3, -0.25) is 4.79 Å². The van der Waals surface area contributed by atoms with Crippen molar-refractivity contribution in [2.45, 2.75) is 13.0 Å². The van der Waals surface area contributed by atoms with Gasteiger partial charge in [-0.15, -0.1) is 11.3 Å². The molecule has 1 aromatic carbocycles. The number of amides is 1. The Bertz CT molecular complexity index is 641. The lowest BCUT2D eigenvalue weighted by Crippen LogP contribution is -2.36. The molecule has 0 spiro atoms. The minimum Gasteiger partial charge on any atom is -0.397 e. The molecule has 0 bridgehead atoms. The van der Waals surface area contributed by atoms with Crippen LogP contribution in [0.3, 0.4) is 0 Å². The van der Waals surface area contributed by atoms with Crippen molar-refractivity contribution in [2.24, 2.45) is 0 Å². The molecule has 0 fully saturated rings. The molecule has 2 rings (SSSR count). The van der Waals surface area contributed by atoms with Crippen LogP contribution >= 0.6 is 34.7 Å². The molecule has 2 aromatic rings. The van der Waals surface area contributed by atoms with Gasteiger partial charge in [0.25, 0.3) is 5.91 Å². The van der Waals surface area contributed by atoms with E-state index in [-0.39, 0.29) is 11.9 Å². The predicted molar refractivity (Wildman–Crippen MR) is 91.2 cm³/mol. The van der Waals surface area contributed by atoms with Crippen molar-refractivity contribution in [2.75, 3.05) is 24.8 Å². The molecule has 1 atom stereocenters. The summed E-state index contributed by atoms with van der Waals surface area (Å²) >= 11 is 9.29. The van der Waals surface area contributed by atoms with Crippen molar-refractivity contribution in [3.05, 3.63) is 28.1 Å². The van der Waals surface area contributed by atoms with Crippen molar-refractivity contribution in [1.29, 1.82) is 0 Å². The maximum Gasteiger partial charge on any atom is 0.266 e. The lowest BCUT2D eigenvalue weighted by Gasteiger charge is -2.23. The van der Waals surface area contributed by atoms with Crippen LogP contribution in [0.25, 0.3) is 10.1 Å². The van der Waals surface area contributed by atoms with Crippen LogP contribution in [0.15, 0.2) is 18.2 Å². The van der Waals surface area contributed by atoms with E-state index in [0.717, 1.165) is 15.8 Å². The van der Waals surface area contributed by atoms with Crippen LogP contribution in [-0.4, -0.2) is 35.9 Å². The van der Waals surface area contributed by atoms with Crippen molar-refractivity contribution >= 4 is 56.4 Å². The second-order valence-electron chi connectivity index (χ2n) is 4.68. The van der Waals surface area contributed by atoms with E-state index in [9.17, 15) is 4.79 Å². The SMILES string of the molecule is CSCC(C)N(C)C(=O)c1sc2cccc(Cl)c2c1N. The van der Waals surface area contributed by atoms with Gasteiger partial charge in [-0.05, 0) is 25.3 Å². The standard InChI is InChI=1S/C14H17ClN2OS2/c1-8(7-19-3)17(2)14(18)13-12(16)11-9(15)5-4-6-10(11)20-13/h4-6,8H,7,16H2,1-3H3. The number of carbonyl (C=O) groups is 1. The number of nitrogen functional groups attached to an aromatic ring is 1. The first kappa shape index (κ1) is 15.5. The fourth-order valence-electron chi connectivity index (χ4n) is 2.00. The Morgan fingerprint density at radius 2 is 2.25 bits per heavy atom. The van der Waals surface area contributed by atoms with E-state index < -0.39 is 0 Å². The number of hydrogen-bond acceptors (Lipinski definition) is 4. The first-order valence-electron chi connectivity index (χ1n) is 6.20. The third kappa shape index (κ3) is 2.75. The van der Waals surface area contributed by atoms with Gasteiger partial charge in [0.1, 0.15) is 4.88 Å². The number of halogens is 1. The molecule has 1 amide bonds. The van der Waals surface area contributed by atoms with E-state index in [2.05, 4.69) is 0 Å². The number of thioether (sulfide) groups is 1. The molecule has 0 aliphatic rings. The van der Waals surface area contributed by atoms with Gasteiger partial charge in [0.2, 0.25) is 0 Å². The summed E-state index contributed by atoms with van der Waals surface area (Å²) in [4.78, 5) is 14.9. The van der Waals surface area contributed by atoms with Gasteiger partial charge in [-0.2, -0.15) is 11.8 Å². The minimum absolute atomic E-state index is 0.0404. The fraction of sp³-hybridized carbons (Fsp3) is 0.357. The zero-order valence-corrected chi connectivity index (χ0v) is 14.0. The van der Waals surface area contributed by atoms with E-state index in [0.29, 0.717) is 15.6 Å². The normalized spacial score (nSPS) is 12.6. The summed E-state index contributed by atoms with van der Waals surface area (Å²) in [5.41, 5.74) is 6.62. The Morgan fingerprint density at radius 1 is 1.55 bits per heavy atom. The summed E-state index contributed by atoms with van der Waals surface area (Å²) in [5.74, 6) is 0.856. The van der Waals surface area contributed by atoms with Gasteiger partial charge >= 0.3 is 0 Å². The highest BCUT2D eigenvalue weighted by atomic mass is 35.5. The number of anilines is 1. The molecule has 0 aliphatic carbocycles. The topological polar surface area (TPSA) is 46.3 Å². The summed E-state index contributed by atoms with van der Waals surface area (Å²) in [7, 11) is 1.81. The van der Waals surface area contributed by atoms with Gasteiger partial charge in [0.15, 0.2) is 0 Å². The van der Waals surface area contributed by atoms with E-state index in [1.807, 2.05) is 32.4 Å². The summed E-state index contributed by atoms with van der Waals surface area (Å²) in [6.07, 6.45) is 2.03. The zero-order chi connectivity index (χ0) is 14.9. The number of carbonyl (C=O) groups excluding carboxylic acids is 1. The van der Waals surface area contributed by atoms with Crippen LogP contribution in [0.2, 0.25) is 5.02 Å². The third-order valence-electron chi connectivity index (χ3n) is 3.28. The molecule has 0 saturated carbocycles. The molecule has 20 heavy (non-hydrogen) atoms. The summed E-state index contributed by atoms with van der Waals surface area (Å²) < 4.78 is 0.948. The minimum atomic E-state index is -0.0404. The lowest BCUT2D eigenvalue weighted by atomic mass is 10.2. The summed E-state index contributed by atoms with van der Waals surface area (Å²) in [6.45, 7) is 2.03. The average molecular weight is 329 g/mol. The molecule has 0 radical (unpaired) electrons. The number of nitrogens with two attached hydrogens (primary N) is 1. The monoisotopic (exact) mass is 328 g/mol. The number of rotatable bonds is 4. The average Bonchev–Trinajstić information content (AvgIpc) is 2.76. The second kappa shape index (κ2) is 6.24. The Kier molecular flexibility index (Phi) is 4.83. The van der Waals surface area contributed by atoms with Crippen molar-refractivity contribution < 1.29 is 4.79 Å². The summed E-state index contributed by atoms with van der Waals surface area (Å²) in [5, 5.41) is 1.38. The molecule has 0 aliphatic heterocycles. The number of fused-ring (bicyclic) bond motifs is 1. The Hall–Kier alpha value is -0.910. The van der Waals surface area contributed by atoms with Crippen molar-refractivity contribution in [1.82, 2.24) is 4.90 Å². The molecule has 0 saturated heterocycles. The van der Waals surface area contributed by atoms with E-state index in [1.54, 1.807) is 22.7 Å².